The number of fused-ring (bicyclic) bond motifs is 1. The van der Waals surface area contributed by atoms with E-state index in [0.717, 1.165) is 0 Å². The highest BCUT2D eigenvalue weighted by Gasteiger charge is 2.32. The third-order valence-electron chi connectivity index (χ3n) is 2.15. The summed E-state index contributed by atoms with van der Waals surface area (Å²) in [6, 6.07) is 0. The second-order valence-electron chi connectivity index (χ2n) is 3.07. The van der Waals surface area contributed by atoms with Crippen LogP contribution >= 0.6 is 46.4 Å². The summed E-state index contributed by atoms with van der Waals surface area (Å²) in [7, 11) is 3.23. The molecule has 1 aliphatic rings. The van der Waals surface area contributed by atoms with Gasteiger partial charge in [0.15, 0.2) is 0 Å². The van der Waals surface area contributed by atoms with Crippen molar-refractivity contribution in [2.75, 3.05) is 24.8 Å². The van der Waals surface area contributed by atoms with E-state index in [1.165, 1.54) is 12.3 Å². The number of hydrogen-bond acceptors (Lipinski definition) is 4. The summed E-state index contributed by atoms with van der Waals surface area (Å²) in [6.45, 7) is 0. The van der Waals surface area contributed by atoms with Gasteiger partial charge in [0.2, 0.25) is 0 Å². The Morgan fingerprint density at radius 2 is 1.56 bits per heavy atom. The zero-order valence-electron chi connectivity index (χ0n) is 8.31. The van der Waals surface area contributed by atoms with Crippen molar-refractivity contribution in [3.05, 3.63) is 20.1 Å². The maximum absolute atomic E-state index is 6.09. The van der Waals surface area contributed by atoms with Crippen LogP contribution in [0.25, 0.3) is 0 Å². The van der Waals surface area contributed by atoms with Crippen molar-refractivity contribution < 1.29 is 4.84 Å². The Hall–Kier alpha value is -0.100. The van der Waals surface area contributed by atoms with Crippen LogP contribution in [0.15, 0.2) is 0 Å². The van der Waals surface area contributed by atoms with Gasteiger partial charge in [0.1, 0.15) is 11.4 Å². The Bertz CT molecular complexity index is 454. The number of anilines is 2. The number of hydrogen-bond donors (Lipinski definition) is 1. The van der Waals surface area contributed by atoms with Gasteiger partial charge in [-0.1, -0.05) is 46.4 Å². The van der Waals surface area contributed by atoms with E-state index in [1.807, 2.05) is 0 Å². The third kappa shape index (κ3) is 1.61. The molecule has 0 saturated carbocycles. The summed E-state index contributed by atoms with van der Waals surface area (Å²) in [5.41, 5.74) is 4.04. The largest absolute Gasteiger partial charge is 0.296 e. The molecule has 0 spiro atoms. The van der Waals surface area contributed by atoms with Crippen LogP contribution in [0, 0.1) is 0 Å². The minimum absolute atomic E-state index is 0.200. The van der Waals surface area contributed by atoms with Gasteiger partial charge in [0.05, 0.1) is 27.2 Å². The van der Waals surface area contributed by atoms with E-state index in [0.29, 0.717) is 16.4 Å². The minimum atomic E-state index is 0.200. The highest BCUT2D eigenvalue weighted by Crippen LogP contribution is 2.51. The van der Waals surface area contributed by atoms with Crippen molar-refractivity contribution in [2.45, 2.75) is 0 Å². The Morgan fingerprint density at radius 1 is 1.00 bits per heavy atom. The van der Waals surface area contributed by atoms with E-state index in [1.54, 1.807) is 12.2 Å². The number of nitrogens with zero attached hydrogens (tertiary/aromatic N) is 2. The molecule has 0 bridgehead atoms. The molecule has 1 heterocycles. The van der Waals surface area contributed by atoms with E-state index in [9.17, 15) is 0 Å². The molecule has 0 aromatic heterocycles. The molecule has 1 N–H and O–H groups in total. The molecule has 1 aromatic rings. The van der Waals surface area contributed by atoms with Crippen LogP contribution in [0.4, 0.5) is 11.4 Å². The van der Waals surface area contributed by atoms with Gasteiger partial charge in [-0.25, -0.2) is 0 Å². The maximum atomic E-state index is 6.09. The summed E-state index contributed by atoms with van der Waals surface area (Å²) >= 11 is 24.0. The number of rotatable bonds is 1. The summed E-state index contributed by atoms with van der Waals surface area (Å²) in [5, 5.41) is 3.99. The van der Waals surface area contributed by atoms with Gasteiger partial charge in [0.25, 0.3) is 0 Å². The predicted octanol–water partition coefficient (Wildman–Crippen LogP) is 3.86. The lowest BCUT2D eigenvalue weighted by Gasteiger charge is -2.22. The molecule has 0 radical (unpaired) electrons. The van der Waals surface area contributed by atoms with E-state index < -0.39 is 0 Å². The van der Waals surface area contributed by atoms with E-state index in [-0.39, 0.29) is 15.1 Å². The van der Waals surface area contributed by atoms with Crippen molar-refractivity contribution in [1.82, 2.24) is 5.12 Å². The molecule has 0 unspecified atom stereocenters. The monoisotopic (exact) mass is 301 g/mol. The minimum Gasteiger partial charge on any atom is -0.296 e. The normalized spacial score (nSPS) is 15.2. The van der Waals surface area contributed by atoms with Crippen LogP contribution in [0.2, 0.25) is 20.1 Å². The molecule has 4 nitrogen and oxygen atoms in total. The molecular formula is C8H7Cl4N3O. The van der Waals surface area contributed by atoms with Crippen LogP contribution < -0.4 is 10.6 Å². The number of halogens is 4. The van der Waals surface area contributed by atoms with Gasteiger partial charge in [-0.05, 0) is 0 Å². The van der Waals surface area contributed by atoms with Gasteiger partial charge in [0, 0.05) is 7.05 Å². The lowest BCUT2D eigenvalue weighted by atomic mass is 10.2. The molecule has 88 valence electrons. The zero-order valence-corrected chi connectivity index (χ0v) is 11.3. The van der Waals surface area contributed by atoms with Crippen molar-refractivity contribution in [2.24, 2.45) is 0 Å². The van der Waals surface area contributed by atoms with Crippen LogP contribution in [0.3, 0.4) is 0 Å². The number of nitrogens with one attached hydrogen (secondary N) is 1. The highest BCUT2D eigenvalue weighted by atomic mass is 35.5. The summed E-state index contributed by atoms with van der Waals surface area (Å²) in [6.07, 6.45) is 0. The molecule has 0 atom stereocenters. The maximum Gasteiger partial charge on any atom is 0.131 e. The summed E-state index contributed by atoms with van der Waals surface area (Å²) < 4.78 is 0. The molecule has 1 aliphatic heterocycles. The fourth-order valence-electron chi connectivity index (χ4n) is 1.47. The number of benzene rings is 1. The lowest BCUT2D eigenvalue weighted by Crippen LogP contribution is -2.37. The topological polar surface area (TPSA) is 27.7 Å². The molecule has 16 heavy (non-hydrogen) atoms. The quantitative estimate of drug-likeness (QED) is 0.630. The van der Waals surface area contributed by atoms with Crippen molar-refractivity contribution in [3.8, 4) is 0 Å². The first-order chi connectivity index (χ1) is 7.49. The van der Waals surface area contributed by atoms with Gasteiger partial charge in [-0.2, -0.15) is 5.17 Å². The Balaban J connectivity index is 2.71. The third-order valence-corrected chi connectivity index (χ3v) is 3.94. The van der Waals surface area contributed by atoms with Crippen LogP contribution in [0.5, 0.6) is 0 Å². The molecule has 8 heteroatoms. The molecule has 0 aliphatic carbocycles. The molecule has 1 aromatic carbocycles. The zero-order chi connectivity index (χ0) is 12.0. The first kappa shape index (κ1) is 12.4. The van der Waals surface area contributed by atoms with E-state index in [2.05, 4.69) is 5.43 Å². The van der Waals surface area contributed by atoms with E-state index >= 15 is 0 Å². The standard InChI is InChI=1S/C8H7Cl4N3O/c1-14-13-7-5(11)3(9)4(10)6(12)8(7)15(14)16-2/h13H,1-2H3. The van der Waals surface area contributed by atoms with E-state index in [4.69, 9.17) is 51.2 Å². The fourth-order valence-corrected chi connectivity index (χ4v) is 2.43. The molecule has 2 rings (SSSR count). The van der Waals surface area contributed by atoms with Gasteiger partial charge in [-0.3, -0.25) is 10.3 Å². The highest BCUT2D eigenvalue weighted by molar-refractivity contribution is 6.54. The van der Waals surface area contributed by atoms with Crippen LogP contribution in [-0.2, 0) is 4.84 Å². The fraction of sp³-hybridized carbons (Fsp3) is 0.250. The first-order valence-electron chi connectivity index (χ1n) is 4.19. The molecule has 0 amide bonds. The first-order valence-corrected chi connectivity index (χ1v) is 5.70. The Kier molecular flexibility index (Phi) is 3.32. The second kappa shape index (κ2) is 4.29. The van der Waals surface area contributed by atoms with Crippen molar-refractivity contribution in [1.29, 1.82) is 0 Å². The second-order valence-corrected chi connectivity index (χ2v) is 4.58. The van der Waals surface area contributed by atoms with Gasteiger partial charge < -0.3 is 0 Å². The van der Waals surface area contributed by atoms with Crippen molar-refractivity contribution >= 4 is 57.8 Å². The SMILES string of the molecule is CON1c2c(Cl)c(Cl)c(Cl)c(Cl)c2NN1C. The van der Waals surface area contributed by atoms with Crippen LogP contribution in [-0.4, -0.2) is 19.3 Å². The lowest BCUT2D eigenvalue weighted by molar-refractivity contribution is 0.0660. The van der Waals surface area contributed by atoms with Gasteiger partial charge >= 0.3 is 0 Å². The molecule has 0 fully saturated rings. The molecular weight excluding hydrogens is 296 g/mol. The molecule has 0 saturated heterocycles. The average Bonchev–Trinajstić information content (AvgIpc) is 2.60. The van der Waals surface area contributed by atoms with Crippen LogP contribution in [0.1, 0.15) is 0 Å². The Labute approximate surface area is 112 Å². The Morgan fingerprint density at radius 3 is 2.12 bits per heavy atom. The summed E-state index contributed by atoms with van der Waals surface area (Å²) in [4.78, 5) is 5.13. The average molecular weight is 303 g/mol. The summed E-state index contributed by atoms with van der Waals surface area (Å²) in [5.74, 6) is 0. The number of hydrazine groups is 2. The smallest absolute Gasteiger partial charge is 0.131 e. The van der Waals surface area contributed by atoms with Crippen molar-refractivity contribution in [3.63, 3.8) is 0 Å². The van der Waals surface area contributed by atoms with Gasteiger partial charge in [-0.15, -0.1) is 5.12 Å². The predicted molar refractivity (Wildman–Crippen MR) is 67.4 cm³/mol.